The summed E-state index contributed by atoms with van der Waals surface area (Å²) in [5, 5.41) is 0. The average Bonchev–Trinajstić information content (AvgIpc) is 2.19. The second-order valence-electron chi connectivity index (χ2n) is 3.47. The second kappa shape index (κ2) is 3.74. The molecule has 0 spiro atoms. The van der Waals surface area contributed by atoms with Crippen LogP contribution in [0.4, 0.5) is 0 Å². The van der Waals surface area contributed by atoms with E-state index < -0.39 is 0 Å². The fourth-order valence-corrected chi connectivity index (χ4v) is 1.64. The molecule has 0 saturated heterocycles. The molecule has 0 radical (unpaired) electrons. The SMILES string of the molecule is C/C=C\c1nc2c(nc1C)CCC=C2. The molecule has 0 saturated carbocycles. The zero-order chi connectivity index (χ0) is 9.97. The quantitative estimate of drug-likeness (QED) is 0.674. The minimum atomic E-state index is 0.984. The summed E-state index contributed by atoms with van der Waals surface area (Å²) in [6, 6.07) is 0. The van der Waals surface area contributed by atoms with E-state index in [4.69, 9.17) is 0 Å². The number of allylic oxidation sites excluding steroid dienone is 2. The van der Waals surface area contributed by atoms with Gasteiger partial charge in [0.25, 0.3) is 0 Å². The minimum Gasteiger partial charge on any atom is -0.254 e. The van der Waals surface area contributed by atoms with Crippen molar-refractivity contribution in [1.29, 1.82) is 0 Å². The molecule has 1 aliphatic carbocycles. The van der Waals surface area contributed by atoms with E-state index in [1.54, 1.807) is 0 Å². The molecule has 0 bridgehead atoms. The van der Waals surface area contributed by atoms with Crippen molar-refractivity contribution in [1.82, 2.24) is 9.97 Å². The van der Waals surface area contributed by atoms with E-state index in [-0.39, 0.29) is 0 Å². The maximum absolute atomic E-state index is 4.57. The van der Waals surface area contributed by atoms with E-state index in [2.05, 4.69) is 22.1 Å². The largest absolute Gasteiger partial charge is 0.254 e. The van der Waals surface area contributed by atoms with Crippen LogP contribution in [-0.2, 0) is 6.42 Å². The highest BCUT2D eigenvalue weighted by Crippen LogP contribution is 2.17. The fraction of sp³-hybridized carbons (Fsp3) is 0.333. The Morgan fingerprint density at radius 1 is 1.36 bits per heavy atom. The Morgan fingerprint density at radius 2 is 2.21 bits per heavy atom. The maximum Gasteiger partial charge on any atom is 0.0849 e. The van der Waals surface area contributed by atoms with Gasteiger partial charge in [-0.05, 0) is 38.8 Å². The summed E-state index contributed by atoms with van der Waals surface area (Å²) in [6.07, 6.45) is 10.3. The third kappa shape index (κ3) is 1.60. The molecule has 0 aromatic carbocycles. The van der Waals surface area contributed by atoms with Crippen molar-refractivity contribution in [3.63, 3.8) is 0 Å². The minimum absolute atomic E-state index is 0.984. The van der Waals surface area contributed by atoms with Gasteiger partial charge in [-0.25, -0.2) is 4.98 Å². The Bertz CT molecular complexity index is 402. The highest BCUT2D eigenvalue weighted by Gasteiger charge is 2.09. The third-order valence-electron chi connectivity index (χ3n) is 2.36. The predicted molar refractivity (Wildman–Crippen MR) is 58.8 cm³/mol. The maximum atomic E-state index is 4.57. The van der Waals surface area contributed by atoms with E-state index in [1.807, 2.05) is 26.0 Å². The summed E-state index contributed by atoms with van der Waals surface area (Å²) >= 11 is 0. The number of aryl methyl sites for hydroxylation is 2. The molecule has 0 amide bonds. The Hall–Kier alpha value is -1.44. The molecule has 2 nitrogen and oxygen atoms in total. The molecule has 1 aromatic heterocycles. The summed E-state index contributed by atoms with van der Waals surface area (Å²) in [5.74, 6) is 0. The van der Waals surface area contributed by atoms with Gasteiger partial charge < -0.3 is 0 Å². The highest BCUT2D eigenvalue weighted by atomic mass is 14.8. The number of nitrogens with zero attached hydrogens (tertiary/aromatic N) is 2. The van der Waals surface area contributed by atoms with Gasteiger partial charge in [0.2, 0.25) is 0 Å². The number of aromatic nitrogens is 2. The van der Waals surface area contributed by atoms with E-state index in [0.717, 1.165) is 35.6 Å². The summed E-state index contributed by atoms with van der Waals surface area (Å²) in [5.41, 5.74) is 4.18. The van der Waals surface area contributed by atoms with Gasteiger partial charge in [-0.1, -0.05) is 12.2 Å². The first kappa shape index (κ1) is 9.13. The van der Waals surface area contributed by atoms with Crippen LogP contribution in [0.3, 0.4) is 0 Å². The Morgan fingerprint density at radius 3 is 3.00 bits per heavy atom. The molecule has 14 heavy (non-hydrogen) atoms. The van der Waals surface area contributed by atoms with Crippen molar-refractivity contribution in [2.75, 3.05) is 0 Å². The fourth-order valence-electron chi connectivity index (χ4n) is 1.64. The van der Waals surface area contributed by atoms with Gasteiger partial charge in [-0.2, -0.15) is 0 Å². The molecule has 0 unspecified atom stereocenters. The molecular formula is C12H14N2. The van der Waals surface area contributed by atoms with Gasteiger partial charge in [0.15, 0.2) is 0 Å². The van der Waals surface area contributed by atoms with Crippen molar-refractivity contribution in [3.8, 4) is 0 Å². The van der Waals surface area contributed by atoms with E-state index >= 15 is 0 Å². The lowest BCUT2D eigenvalue weighted by Gasteiger charge is -2.10. The van der Waals surface area contributed by atoms with Gasteiger partial charge in [-0.3, -0.25) is 4.98 Å². The van der Waals surface area contributed by atoms with E-state index in [0.29, 0.717) is 0 Å². The van der Waals surface area contributed by atoms with Crippen LogP contribution >= 0.6 is 0 Å². The molecule has 2 heteroatoms. The van der Waals surface area contributed by atoms with Crippen LogP contribution < -0.4 is 0 Å². The molecular weight excluding hydrogens is 172 g/mol. The zero-order valence-electron chi connectivity index (χ0n) is 8.62. The molecule has 1 aromatic rings. The zero-order valence-corrected chi connectivity index (χ0v) is 8.62. The van der Waals surface area contributed by atoms with Crippen LogP contribution in [0, 0.1) is 6.92 Å². The molecule has 1 heterocycles. The third-order valence-corrected chi connectivity index (χ3v) is 2.36. The van der Waals surface area contributed by atoms with Crippen molar-refractivity contribution in [3.05, 3.63) is 34.9 Å². The van der Waals surface area contributed by atoms with Crippen LogP contribution in [0.15, 0.2) is 12.2 Å². The molecule has 0 aliphatic heterocycles. The number of hydrogen-bond acceptors (Lipinski definition) is 2. The number of hydrogen-bond donors (Lipinski definition) is 0. The Labute approximate surface area is 84.4 Å². The predicted octanol–water partition coefficient (Wildman–Crippen LogP) is 2.78. The Balaban J connectivity index is 2.52. The van der Waals surface area contributed by atoms with Gasteiger partial charge in [0.05, 0.1) is 22.8 Å². The van der Waals surface area contributed by atoms with Crippen molar-refractivity contribution in [2.45, 2.75) is 26.7 Å². The van der Waals surface area contributed by atoms with Crippen LogP contribution in [0.25, 0.3) is 12.2 Å². The summed E-state index contributed by atoms with van der Waals surface area (Å²) in [4.78, 5) is 9.13. The monoisotopic (exact) mass is 186 g/mol. The van der Waals surface area contributed by atoms with Crippen LogP contribution in [0.1, 0.15) is 36.1 Å². The molecule has 72 valence electrons. The molecule has 1 aliphatic rings. The number of rotatable bonds is 1. The van der Waals surface area contributed by atoms with Gasteiger partial charge >= 0.3 is 0 Å². The first-order valence-electron chi connectivity index (χ1n) is 4.98. The second-order valence-corrected chi connectivity index (χ2v) is 3.47. The molecule has 0 atom stereocenters. The van der Waals surface area contributed by atoms with Crippen molar-refractivity contribution in [2.24, 2.45) is 0 Å². The van der Waals surface area contributed by atoms with E-state index in [1.165, 1.54) is 0 Å². The molecule has 0 N–H and O–H groups in total. The normalized spacial score (nSPS) is 14.7. The Kier molecular flexibility index (Phi) is 2.44. The highest BCUT2D eigenvalue weighted by molar-refractivity contribution is 5.55. The van der Waals surface area contributed by atoms with Crippen molar-refractivity contribution >= 4 is 12.2 Å². The summed E-state index contributed by atoms with van der Waals surface area (Å²) in [7, 11) is 0. The average molecular weight is 186 g/mol. The summed E-state index contributed by atoms with van der Waals surface area (Å²) < 4.78 is 0. The van der Waals surface area contributed by atoms with Crippen LogP contribution in [-0.4, -0.2) is 9.97 Å². The van der Waals surface area contributed by atoms with Gasteiger partial charge in [0, 0.05) is 0 Å². The first-order valence-corrected chi connectivity index (χ1v) is 4.98. The topological polar surface area (TPSA) is 25.8 Å². The van der Waals surface area contributed by atoms with Crippen LogP contribution in [0.2, 0.25) is 0 Å². The van der Waals surface area contributed by atoms with Gasteiger partial charge in [-0.15, -0.1) is 0 Å². The molecule has 2 rings (SSSR count). The van der Waals surface area contributed by atoms with Crippen molar-refractivity contribution < 1.29 is 0 Å². The standard InChI is InChI=1S/C12H14N2/c1-3-6-10-9(2)13-11-7-4-5-8-12(11)14-10/h3,5-6,8H,4,7H2,1-2H3/b6-3-. The van der Waals surface area contributed by atoms with E-state index in [9.17, 15) is 0 Å². The number of fused-ring (bicyclic) bond motifs is 1. The van der Waals surface area contributed by atoms with Gasteiger partial charge in [0.1, 0.15) is 0 Å². The summed E-state index contributed by atoms with van der Waals surface area (Å²) in [6.45, 7) is 4.01. The lowest BCUT2D eigenvalue weighted by Crippen LogP contribution is -2.04. The first-order chi connectivity index (χ1) is 6.81. The lowest BCUT2D eigenvalue weighted by atomic mass is 10.1. The smallest absolute Gasteiger partial charge is 0.0849 e. The van der Waals surface area contributed by atoms with Crippen LogP contribution in [0.5, 0.6) is 0 Å². The molecule has 0 fully saturated rings. The lowest BCUT2D eigenvalue weighted by molar-refractivity contribution is 0.882.